The summed E-state index contributed by atoms with van der Waals surface area (Å²) in [5.74, 6) is 0.672. The Morgan fingerprint density at radius 1 is 1.50 bits per heavy atom. The molecule has 1 heterocycles. The van der Waals surface area contributed by atoms with Gasteiger partial charge in [-0.3, -0.25) is 4.79 Å². The molecule has 1 amide bonds. The smallest absolute Gasteiger partial charge is 0.237 e. The van der Waals surface area contributed by atoms with E-state index in [1.165, 1.54) is 12.8 Å². The molecule has 0 bridgehead atoms. The fourth-order valence-electron chi connectivity index (χ4n) is 2.43. The molecule has 1 aliphatic rings. The molecule has 0 aliphatic heterocycles. The van der Waals surface area contributed by atoms with Crippen molar-refractivity contribution in [1.29, 1.82) is 0 Å². The Bertz CT molecular complexity index is 444. The van der Waals surface area contributed by atoms with E-state index in [1.54, 1.807) is 13.3 Å². The Labute approximate surface area is 120 Å². The summed E-state index contributed by atoms with van der Waals surface area (Å²) in [7, 11) is 1.59. The molecule has 0 spiro atoms. The predicted molar refractivity (Wildman–Crippen MR) is 77.5 cm³/mol. The number of carbonyl (C=O) groups excluding carboxylic acids is 1. The maximum absolute atomic E-state index is 12.0. The minimum atomic E-state index is -0.199. The van der Waals surface area contributed by atoms with Crippen LogP contribution in [0.3, 0.4) is 0 Å². The van der Waals surface area contributed by atoms with Gasteiger partial charge in [-0.05, 0) is 31.4 Å². The van der Waals surface area contributed by atoms with E-state index in [4.69, 9.17) is 4.74 Å². The Hall–Kier alpha value is -1.62. The van der Waals surface area contributed by atoms with Crippen LogP contribution in [0.15, 0.2) is 18.3 Å². The van der Waals surface area contributed by atoms with Gasteiger partial charge >= 0.3 is 0 Å². The second-order valence-electron chi connectivity index (χ2n) is 5.30. The number of nitrogens with one attached hydrogen (secondary N) is 2. The average molecular weight is 277 g/mol. The lowest BCUT2D eigenvalue weighted by Crippen LogP contribution is -2.45. The first-order valence-corrected chi connectivity index (χ1v) is 7.21. The van der Waals surface area contributed by atoms with E-state index >= 15 is 0 Å². The number of ether oxygens (including phenoxy) is 1. The summed E-state index contributed by atoms with van der Waals surface area (Å²) in [5.41, 5.74) is 1.05. The monoisotopic (exact) mass is 277 g/mol. The number of aromatic nitrogens is 1. The van der Waals surface area contributed by atoms with Crippen molar-refractivity contribution in [3.05, 3.63) is 23.9 Å². The van der Waals surface area contributed by atoms with Crippen LogP contribution in [-0.2, 0) is 11.3 Å². The summed E-state index contributed by atoms with van der Waals surface area (Å²) in [4.78, 5) is 16.1. The van der Waals surface area contributed by atoms with Crippen LogP contribution in [-0.4, -0.2) is 30.1 Å². The van der Waals surface area contributed by atoms with Gasteiger partial charge in [-0.1, -0.05) is 12.8 Å². The Balaban J connectivity index is 1.78. The standard InChI is InChI=1S/C15H23N3O2/c1-11(15(19)18-13-5-3-4-6-13)17-10-12-7-8-16-14(9-12)20-2/h7-9,11,13,17H,3-6,10H2,1-2H3,(H,18,19). The molecule has 5 heteroatoms. The minimum absolute atomic E-state index is 0.0814. The molecule has 0 aromatic carbocycles. The zero-order valence-electron chi connectivity index (χ0n) is 12.2. The van der Waals surface area contributed by atoms with Gasteiger partial charge in [-0.15, -0.1) is 0 Å². The van der Waals surface area contributed by atoms with Crippen molar-refractivity contribution in [1.82, 2.24) is 15.6 Å². The first-order chi connectivity index (χ1) is 9.69. The third kappa shape index (κ3) is 4.20. The zero-order chi connectivity index (χ0) is 14.4. The van der Waals surface area contributed by atoms with Gasteiger partial charge in [0, 0.05) is 24.8 Å². The van der Waals surface area contributed by atoms with E-state index < -0.39 is 0 Å². The van der Waals surface area contributed by atoms with E-state index in [9.17, 15) is 4.79 Å². The molecular formula is C15H23N3O2. The highest BCUT2D eigenvalue weighted by atomic mass is 16.5. The number of nitrogens with zero attached hydrogens (tertiary/aromatic N) is 1. The van der Waals surface area contributed by atoms with Gasteiger partial charge in [0.25, 0.3) is 0 Å². The van der Waals surface area contributed by atoms with Crippen molar-refractivity contribution in [3.8, 4) is 5.88 Å². The lowest BCUT2D eigenvalue weighted by Gasteiger charge is -2.17. The first-order valence-electron chi connectivity index (χ1n) is 7.21. The van der Waals surface area contributed by atoms with Crippen molar-refractivity contribution in [2.24, 2.45) is 0 Å². The van der Waals surface area contributed by atoms with Gasteiger partial charge in [-0.25, -0.2) is 4.98 Å². The SMILES string of the molecule is COc1cc(CNC(C)C(=O)NC2CCCC2)ccn1. The van der Waals surface area contributed by atoms with Crippen LogP contribution in [0.1, 0.15) is 38.2 Å². The van der Waals surface area contributed by atoms with E-state index in [1.807, 2.05) is 19.1 Å². The van der Waals surface area contributed by atoms with Gasteiger partial charge in [0.1, 0.15) is 0 Å². The predicted octanol–water partition coefficient (Wildman–Crippen LogP) is 1.63. The van der Waals surface area contributed by atoms with Crippen LogP contribution in [0.4, 0.5) is 0 Å². The third-order valence-corrected chi connectivity index (χ3v) is 3.72. The van der Waals surface area contributed by atoms with E-state index in [-0.39, 0.29) is 11.9 Å². The van der Waals surface area contributed by atoms with Gasteiger partial charge in [0.15, 0.2) is 0 Å². The average Bonchev–Trinajstić information content (AvgIpc) is 2.97. The van der Waals surface area contributed by atoms with Crippen molar-refractivity contribution >= 4 is 5.91 Å². The Kier molecular flexibility index (Phi) is 5.35. The number of carbonyl (C=O) groups is 1. The number of pyridine rings is 1. The van der Waals surface area contributed by atoms with E-state index in [0.717, 1.165) is 18.4 Å². The molecule has 1 unspecified atom stereocenters. The van der Waals surface area contributed by atoms with Crippen molar-refractivity contribution < 1.29 is 9.53 Å². The maximum Gasteiger partial charge on any atom is 0.237 e. The summed E-state index contributed by atoms with van der Waals surface area (Å²) in [6.07, 6.45) is 6.38. The summed E-state index contributed by atoms with van der Waals surface area (Å²) in [6, 6.07) is 3.95. The van der Waals surface area contributed by atoms with Crippen LogP contribution < -0.4 is 15.4 Å². The number of hydrogen-bond donors (Lipinski definition) is 2. The van der Waals surface area contributed by atoms with Crippen molar-refractivity contribution in [2.45, 2.75) is 51.2 Å². The van der Waals surface area contributed by atoms with Crippen LogP contribution in [0.2, 0.25) is 0 Å². The topological polar surface area (TPSA) is 63.2 Å². The van der Waals surface area contributed by atoms with Crippen molar-refractivity contribution in [2.75, 3.05) is 7.11 Å². The molecule has 0 saturated heterocycles. The summed E-state index contributed by atoms with van der Waals surface area (Å²) < 4.78 is 5.08. The quantitative estimate of drug-likeness (QED) is 0.829. The molecule has 1 aromatic heterocycles. The number of hydrogen-bond acceptors (Lipinski definition) is 4. The molecule has 20 heavy (non-hydrogen) atoms. The molecule has 2 rings (SSSR count). The van der Waals surface area contributed by atoms with Gasteiger partial charge in [-0.2, -0.15) is 0 Å². The molecule has 0 radical (unpaired) electrons. The van der Waals surface area contributed by atoms with Gasteiger partial charge < -0.3 is 15.4 Å². The minimum Gasteiger partial charge on any atom is -0.481 e. The summed E-state index contributed by atoms with van der Waals surface area (Å²) in [6.45, 7) is 2.51. The summed E-state index contributed by atoms with van der Waals surface area (Å²) in [5, 5.41) is 6.33. The maximum atomic E-state index is 12.0. The highest BCUT2D eigenvalue weighted by molar-refractivity contribution is 5.81. The lowest BCUT2D eigenvalue weighted by molar-refractivity contribution is -0.123. The van der Waals surface area contributed by atoms with E-state index in [0.29, 0.717) is 18.5 Å². The van der Waals surface area contributed by atoms with Crippen LogP contribution in [0.25, 0.3) is 0 Å². The Morgan fingerprint density at radius 2 is 2.25 bits per heavy atom. The van der Waals surface area contributed by atoms with Crippen LogP contribution >= 0.6 is 0 Å². The van der Waals surface area contributed by atoms with Gasteiger partial charge in [0.05, 0.1) is 13.2 Å². The van der Waals surface area contributed by atoms with Crippen LogP contribution in [0, 0.1) is 0 Å². The fraction of sp³-hybridized carbons (Fsp3) is 0.600. The number of amides is 1. The number of rotatable bonds is 6. The van der Waals surface area contributed by atoms with Crippen LogP contribution in [0.5, 0.6) is 5.88 Å². The zero-order valence-corrected chi connectivity index (χ0v) is 12.2. The van der Waals surface area contributed by atoms with Gasteiger partial charge in [0.2, 0.25) is 11.8 Å². The number of methoxy groups -OCH3 is 1. The third-order valence-electron chi connectivity index (χ3n) is 3.72. The largest absolute Gasteiger partial charge is 0.481 e. The second-order valence-corrected chi connectivity index (χ2v) is 5.30. The second kappa shape index (κ2) is 7.24. The highest BCUT2D eigenvalue weighted by Gasteiger charge is 2.20. The van der Waals surface area contributed by atoms with E-state index in [2.05, 4.69) is 15.6 Å². The summed E-state index contributed by atoms with van der Waals surface area (Å²) >= 11 is 0. The molecule has 110 valence electrons. The molecule has 1 aliphatic carbocycles. The normalized spacial score (nSPS) is 16.9. The molecule has 5 nitrogen and oxygen atoms in total. The lowest BCUT2D eigenvalue weighted by atomic mass is 10.2. The Morgan fingerprint density at radius 3 is 2.95 bits per heavy atom. The molecule has 2 N–H and O–H groups in total. The molecular weight excluding hydrogens is 254 g/mol. The molecule has 1 fully saturated rings. The molecule has 1 saturated carbocycles. The fourth-order valence-corrected chi connectivity index (χ4v) is 2.43. The molecule has 1 atom stereocenters. The molecule has 1 aromatic rings. The highest BCUT2D eigenvalue weighted by Crippen LogP contribution is 2.17. The van der Waals surface area contributed by atoms with Crippen molar-refractivity contribution in [3.63, 3.8) is 0 Å². The first kappa shape index (κ1) is 14.8.